The SMILES string of the molecule is CCCCCOC(=O)CCCCCCCCCCCCC(CCC(=O)OCCCCC)C(C)C. The van der Waals surface area contributed by atoms with Gasteiger partial charge in [0.2, 0.25) is 0 Å². The predicted molar refractivity (Wildman–Crippen MR) is 144 cm³/mol. The zero-order valence-corrected chi connectivity index (χ0v) is 23.3. The number of hydrogen-bond donors (Lipinski definition) is 0. The third-order valence-corrected chi connectivity index (χ3v) is 6.89. The van der Waals surface area contributed by atoms with Gasteiger partial charge in [0.25, 0.3) is 0 Å². The summed E-state index contributed by atoms with van der Waals surface area (Å²) in [5.41, 5.74) is 0. The molecule has 1 unspecified atom stereocenters. The lowest BCUT2D eigenvalue weighted by molar-refractivity contribution is -0.145. The van der Waals surface area contributed by atoms with Crippen molar-refractivity contribution in [3.63, 3.8) is 0 Å². The Kier molecular flexibility index (Phi) is 24.3. The van der Waals surface area contributed by atoms with Crippen LogP contribution in [0.1, 0.15) is 156 Å². The van der Waals surface area contributed by atoms with E-state index in [4.69, 9.17) is 9.47 Å². The zero-order chi connectivity index (χ0) is 25.3. The molecule has 0 saturated carbocycles. The van der Waals surface area contributed by atoms with Crippen molar-refractivity contribution in [1.29, 1.82) is 0 Å². The summed E-state index contributed by atoms with van der Waals surface area (Å²) >= 11 is 0. The Labute approximate surface area is 212 Å². The van der Waals surface area contributed by atoms with Gasteiger partial charge in [-0.2, -0.15) is 0 Å². The highest BCUT2D eigenvalue weighted by Gasteiger charge is 2.15. The first-order chi connectivity index (χ1) is 16.5. The molecule has 1 atom stereocenters. The van der Waals surface area contributed by atoms with Crippen molar-refractivity contribution < 1.29 is 19.1 Å². The molecular weight excluding hydrogens is 424 g/mol. The minimum atomic E-state index is -0.0156. The van der Waals surface area contributed by atoms with Crippen LogP contribution in [0.2, 0.25) is 0 Å². The van der Waals surface area contributed by atoms with Crippen LogP contribution in [0.15, 0.2) is 0 Å². The van der Waals surface area contributed by atoms with Crippen LogP contribution in [0.4, 0.5) is 0 Å². The summed E-state index contributed by atoms with van der Waals surface area (Å²) in [6.45, 7) is 10.1. The molecule has 0 bridgehead atoms. The van der Waals surface area contributed by atoms with Gasteiger partial charge in [-0.05, 0) is 37.5 Å². The van der Waals surface area contributed by atoms with Gasteiger partial charge >= 0.3 is 11.9 Å². The maximum atomic E-state index is 11.9. The lowest BCUT2D eigenvalue weighted by atomic mass is 9.86. The van der Waals surface area contributed by atoms with Crippen molar-refractivity contribution in [3.05, 3.63) is 0 Å². The van der Waals surface area contributed by atoms with Gasteiger partial charge in [0.1, 0.15) is 0 Å². The van der Waals surface area contributed by atoms with Crippen LogP contribution in [0.25, 0.3) is 0 Å². The maximum Gasteiger partial charge on any atom is 0.305 e. The van der Waals surface area contributed by atoms with Crippen LogP contribution in [0.3, 0.4) is 0 Å². The van der Waals surface area contributed by atoms with Crippen LogP contribution in [0.5, 0.6) is 0 Å². The number of carbonyl (C=O) groups is 2. The number of hydrogen-bond acceptors (Lipinski definition) is 4. The van der Waals surface area contributed by atoms with E-state index in [0.717, 1.165) is 57.8 Å². The van der Waals surface area contributed by atoms with Gasteiger partial charge in [-0.25, -0.2) is 0 Å². The highest BCUT2D eigenvalue weighted by atomic mass is 16.5. The zero-order valence-electron chi connectivity index (χ0n) is 23.3. The number of rotatable bonds is 25. The van der Waals surface area contributed by atoms with E-state index in [0.29, 0.717) is 37.9 Å². The summed E-state index contributed by atoms with van der Waals surface area (Å²) in [6, 6.07) is 0. The number of unbranched alkanes of at least 4 members (excludes halogenated alkanes) is 13. The second kappa shape index (κ2) is 25.0. The first-order valence-electron chi connectivity index (χ1n) is 14.8. The molecule has 0 aromatic carbocycles. The molecule has 0 aliphatic rings. The van der Waals surface area contributed by atoms with Crippen molar-refractivity contribution >= 4 is 11.9 Å². The summed E-state index contributed by atoms with van der Waals surface area (Å²) in [6.07, 6.45) is 22.5. The molecule has 202 valence electrons. The van der Waals surface area contributed by atoms with E-state index >= 15 is 0 Å². The van der Waals surface area contributed by atoms with Gasteiger partial charge < -0.3 is 9.47 Å². The van der Waals surface area contributed by atoms with E-state index in [-0.39, 0.29) is 11.9 Å². The molecule has 0 N–H and O–H groups in total. The first kappa shape index (κ1) is 32.9. The summed E-state index contributed by atoms with van der Waals surface area (Å²) in [5.74, 6) is 1.25. The highest BCUT2D eigenvalue weighted by Crippen LogP contribution is 2.24. The Balaban J connectivity index is 3.53. The fourth-order valence-electron chi connectivity index (χ4n) is 4.42. The largest absolute Gasteiger partial charge is 0.466 e. The molecule has 0 aliphatic carbocycles. The molecular formula is C30H58O4. The second-order valence-electron chi connectivity index (χ2n) is 10.5. The van der Waals surface area contributed by atoms with Crippen LogP contribution in [0, 0.1) is 11.8 Å². The molecule has 0 radical (unpaired) electrons. The Hall–Kier alpha value is -1.06. The normalized spacial score (nSPS) is 12.1. The fraction of sp³-hybridized carbons (Fsp3) is 0.933. The minimum Gasteiger partial charge on any atom is -0.466 e. The van der Waals surface area contributed by atoms with Crippen molar-refractivity contribution in [2.75, 3.05) is 13.2 Å². The number of carbonyl (C=O) groups excluding carboxylic acids is 2. The van der Waals surface area contributed by atoms with E-state index in [2.05, 4.69) is 27.7 Å². The van der Waals surface area contributed by atoms with Gasteiger partial charge in [-0.1, -0.05) is 118 Å². The monoisotopic (exact) mass is 482 g/mol. The predicted octanol–water partition coefficient (Wildman–Crippen LogP) is 9.19. The number of esters is 2. The molecule has 4 nitrogen and oxygen atoms in total. The summed E-state index contributed by atoms with van der Waals surface area (Å²) in [5, 5.41) is 0. The number of ether oxygens (including phenoxy) is 2. The molecule has 0 aromatic rings. The average molecular weight is 483 g/mol. The van der Waals surface area contributed by atoms with Gasteiger partial charge in [0.15, 0.2) is 0 Å². The second-order valence-corrected chi connectivity index (χ2v) is 10.5. The molecule has 0 saturated heterocycles. The van der Waals surface area contributed by atoms with Gasteiger partial charge in [0, 0.05) is 12.8 Å². The van der Waals surface area contributed by atoms with Gasteiger partial charge in [-0.3, -0.25) is 9.59 Å². The van der Waals surface area contributed by atoms with E-state index < -0.39 is 0 Å². The van der Waals surface area contributed by atoms with Crippen molar-refractivity contribution in [2.45, 2.75) is 156 Å². The minimum absolute atomic E-state index is 0.0101. The lowest BCUT2D eigenvalue weighted by Gasteiger charge is -2.20. The molecule has 0 amide bonds. The standard InChI is InChI=1S/C30H58O4/c1-5-7-19-25-33-29(31)22-18-16-14-12-10-9-11-13-15-17-21-28(27(3)4)23-24-30(32)34-26-20-8-6-2/h27-28H,5-26H2,1-4H3. The smallest absolute Gasteiger partial charge is 0.305 e. The van der Waals surface area contributed by atoms with Gasteiger partial charge in [0.05, 0.1) is 13.2 Å². The fourth-order valence-corrected chi connectivity index (χ4v) is 4.42. The Morgan fingerprint density at radius 1 is 0.529 bits per heavy atom. The van der Waals surface area contributed by atoms with Crippen molar-refractivity contribution in [3.8, 4) is 0 Å². The third-order valence-electron chi connectivity index (χ3n) is 6.89. The third kappa shape index (κ3) is 22.7. The lowest BCUT2D eigenvalue weighted by Crippen LogP contribution is -2.13. The molecule has 4 heteroatoms. The molecule has 0 spiro atoms. The molecule has 0 fully saturated rings. The van der Waals surface area contributed by atoms with Gasteiger partial charge in [-0.15, -0.1) is 0 Å². The Morgan fingerprint density at radius 2 is 0.971 bits per heavy atom. The summed E-state index contributed by atoms with van der Waals surface area (Å²) < 4.78 is 10.6. The van der Waals surface area contributed by atoms with Crippen LogP contribution in [-0.4, -0.2) is 25.2 Å². The molecule has 0 aliphatic heterocycles. The molecule has 34 heavy (non-hydrogen) atoms. The van der Waals surface area contributed by atoms with Crippen molar-refractivity contribution in [2.24, 2.45) is 11.8 Å². The van der Waals surface area contributed by atoms with Crippen LogP contribution in [-0.2, 0) is 19.1 Å². The Morgan fingerprint density at radius 3 is 1.44 bits per heavy atom. The summed E-state index contributed by atoms with van der Waals surface area (Å²) in [4.78, 5) is 23.6. The highest BCUT2D eigenvalue weighted by molar-refractivity contribution is 5.69. The van der Waals surface area contributed by atoms with E-state index in [1.165, 1.54) is 57.8 Å². The molecule has 0 heterocycles. The first-order valence-corrected chi connectivity index (χ1v) is 14.8. The summed E-state index contributed by atoms with van der Waals surface area (Å²) in [7, 11) is 0. The van der Waals surface area contributed by atoms with Crippen LogP contribution >= 0.6 is 0 Å². The Bertz CT molecular complexity index is 461. The quantitative estimate of drug-likeness (QED) is 0.0961. The van der Waals surface area contributed by atoms with Crippen molar-refractivity contribution in [1.82, 2.24) is 0 Å². The molecule has 0 rings (SSSR count). The van der Waals surface area contributed by atoms with Crippen LogP contribution < -0.4 is 0 Å². The van der Waals surface area contributed by atoms with E-state index in [9.17, 15) is 9.59 Å². The average Bonchev–Trinajstić information content (AvgIpc) is 2.81. The molecule has 0 aromatic heterocycles. The topological polar surface area (TPSA) is 52.6 Å². The van der Waals surface area contributed by atoms with E-state index in [1.807, 2.05) is 0 Å². The van der Waals surface area contributed by atoms with E-state index in [1.54, 1.807) is 0 Å². The maximum absolute atomic E-state index is 11.9.